The van der Waals surface area contributed by atoms with Crippen molar-refractivity contribution in [3.05, 3.63) is 23.2 Å². The molecule has 2 saturated carbocycles. The second-order valence-electron chi connectivity index (χ2n) is 6.92. The number of carbonyl (C=O) groups excluding carboxylic acids is 2. The van der Waals surface area contributed by atoms with E-state index >= 15 is 0 Å². The molecule has 0 aromatic heterocycles. The number of anilines is 2. The van der Waals surface area contributed by atoms with Crippen molar-refractivity contribution >= 4 is 34.7 Å². The van der Waals surface area contributed by atoms with Gasteiger partial charge >= 0.3 is 0 Å². The quantitative estimate of drug-likeness (QED) is 0.916. The summed E-state index contributed by atoms with van der Waals surface area (Å²) in [5.74, 6) is 0.505. The maximum absolute atomic E-state index is 12.7. The first-order chi connectivity index (χ1) is 11.0. The summed E-state index contributed by atoms with van der Waals surface area (Å²) >= 11 is 6.25. The van der Waals surface area contributed by atoms with Crippen LogP contribution in [-0.2, 0) is 9.59 Å². The Bertz CT molecular complexity index is 613. The van der Waals surface area contributed by atoms with Gasteiger partial charge in [-0.05, 0) is 37.8 Å². The van der Waals surface area contributed by atoms with Gasteiger partial charge in [0.15, 0.2) is 0 Å². The number of ketones is 1. The third-order valence-electron chi connectivity index (χ3n) is 5.11. The minimum atomic E-state index is -0.0722. The highest BCUT2D eigenvalue weighted by Crippen LogP contribution is 2.41. The number of Topliss-reactive ketones (excluding diaryl/α,β-unsaturated/α-hetero) is 1. The molecule has 0 spiro atoms. The van der Waals surface area contributed by atoms with Crippen molar-refractivity contribution in [2.75, 3.05) is 24.3 Å². The first-order valence-electron chi connectivity index (χ1n) is 8.27. The minimum absolute atomic E-state index is 0.0137. The number of carbonyl (C=O) groups is 2. The van der Waals surface area contributed by atoms with E-state index in [0.717, 1.165) is 30.6 Å². The standard InChI is InChI=1S/C18H23ClN2O2/c1-21(2)16-14(19)7-4-8-15(16)20-18(23)13-9-11-5-3-6-12(10-13)17(11)22/h4,7-8,11-13H,3,5-6,9-10H2,1-2H3,(H,20,23). The normalized spacial score (nSPS) is 26.7. The molecule has 2 aliphatic carbocycles. The van der Waals surface area contributed by atoms with Crippen molar-refractivity contribution in [1.29, 1.82) is 0 Å². The molecule has 23 heavy (non-hydrogen) atoms. The molecule has 2 aliphatic rings. The topological polar surface area (TPSA) is 49.4 Å². The molecule has 124 valence electrons. The number of fused-ring (bicyclic) bond motifs is 2. The van der Waals surface area contributed by atoms with Gasteiger partial charge in [0.25, 0.3) is 0 Å². The van der Waals surface area contributed by atoms with E-state index in [9.17, 15) is 9.59 Å². The largest absolute Gasteiger partial charge is 0.375 e. The summed E-state index contributed by atoms with van der Waals surface area (Å²) in [4.78, 5) is 26.8. The summed E-state index contributed by atoms with van der Waals surface area (Å²) in [6, 6.07) is 5.52. The third-order valence-corrected chi connectivity index (χ3v) is 5.42. The molecule has 5 heteroatoms. The zero-order valence-electron chi connectivity index (χ0n) is 13.6. The summed E-state index contributed by atoms with van der Waals surface area (Å²) < 4.78 is 0. The molecule has 0 heterocycles. The van der Waals surface area contributed by atoms with Gasteiger partial charge in [0.05, 0.1) is 16.4 Å². The molecule has 3 rings (SSSR count). The van der Waals surface area contributed by atoms with Gasteiger partial charge in [-0.15, -0.1) is 0 Å². The molecule has 1 aromatic carbocycles. The van der Waals surface area contributed by atoms with Gasteiger partial charge in [-0.25, -0.2) is 0 Å². The van der Waals surface area contributed by atoms with Gasteiger partial charge in [0, 0.05) is 31.8 Å². The number of rotatable bonds is 3. The number of nitrogens with one attached hydrogen (secondary N) is 1. The molecule has 1 amide bonds. The van der Waals surface area contributed by atoms with Crippen LogP contribution in [0.15, 0.2) is 18.2 Å². The van der Waals surface area contributed by atoms with Gasteiger partial charge in [-0.1, -0.05) is 24.1 Å². The van der Waals surface area contributed by atoms with E-state index in [4.69, 9.17) is 11.6 Å². The Morgan fingerprint density at radius 3 is 2.48 bits per heavy atom. The highest BCUT2D eigenvalue weighted by molar-refractivity contribution is 6.34. The monoisotopic (exact) mass is 334 g/mol. The molecule has 0 saturated heterocycles. The minimum Gasteiger partial charge on any atom is -0.375 e. The van der Waals surface area contributed by atoms with Gasteiger partial charge in [-0.2, -0.15) is 0 Å². The van der Waals surface area contributed by atoms with Crippen LogP contribution >= 0.6 is 11.6 Å². The Kier molecular flexibility index (Phi) is 4.62. The van der Waals surface area contributed by atoms with Crippen LogP contribution < -0.4 is 10.2 Å². The average molecular weight is 335 g/mol. The molecular weight excluding hydrogens is 312 g/mol. The van der Waals surface area contributed by atoms with Crippen LogP contribution in [-0.4, -0.2) is 25.8 Å². The Morgan fingerprint density at radius 2 is 1.87 bits per heavy atom. The molecule has 2 atom stereocenters. The second kappa shape index (κ2) is 6.52. The van der Waals surface area contributed by atoms with E-state index in [2.05, 4.69) is 5.32 Å². The summed E-state index contributed by atoms with van der Waals surface area (Å²) in [5.41, 5.74) is 1.55. The predicted octanol–water partition coefficient (Wildman–Crippen LogP) is 3.74. The number of benzene rings is 1. The molecule has 2 unspecified atom stereocenters. The van der Waals surface area contributed by atoms with E-state index in [1.54, 1.807) is 0 Å². The number of hydrogen-bond acceptors (Lipinski definition) is 3. The lowest BCUT2D eigenvalue weighted by atomic mass is 9.67. The van der Waals surface area contributed by atoms with Crippen molar-refractivity contribution in [1.82, 2.24) is 0 Å². The van der Waals surface area contributed by atoms with Gasteiger partial charge < -0.3 is 10.2 Å². The van der Waals surface area contributed by atoms with Crippen molar-refractivity contribution in [3.8, 4) is 0 Å². The Morgan fingerprint density at radius 1 is 1.22 bits per heavy atom. The van der Waals surface area contributed by atoms with E-state index in [1.165, 1.54) is 0 Å². The van der Waals surface area contributed by atoms with Crippen molar-refractivity contribution < 1.29 is 9.59 Å². The molecule has 0 aliphatic heterocycles. The Balaban J connectivity index is 1.75. The predicted molar refractivity (Wildman–Crippen MR) is 93.0 cm³/mol. The average Bonchev–Trinajstić information content (AvgIpc) is 2.46. The van der Waals surface area contributed by atoms with Crippen LogP contribution in [0.3, 0.4) is 0 Å². The fourth-order valence-corrected chi connectivity index (χ4v) is 4.34. The number of hydrogen-bond donors (Lipinski definition) is 1. The lowest BCUT2D eigenvalue weighted by molar-refractivity contribution is -0.136. The fourth-order valence-electron chi connectivity index (χ4n) is 4.00. The molecule has 2 bridgehead atoms. The lowest BCUT2D eigenvalue weighted by Crippen LogP contribution is -2.40. The number of halogens is 1. The maximum Gasteiger partial charge on any atom is 0.227 e. The second-order valence-corrected chi connectivity index (χ2v) is 7.32. The van der Waals surface area contributed by atoms with Crippen LogP contribution in [0.5, 0.6) is 0 Å². The number of nitrogens with zero attached hydrogens (tertiary/aromatic N) is 1. The number of amides is 1. The van der Waals surface area contributed by atoms with E-state index in [1.807, 2.05) is 37.2 Å². The molecular formula is C18H23ClN2O2. The highest BCUT2D eigenvalue weighted by Gasteiger charge is 2.41. The van der Waals surface area contributed by atoms with Crippen LogP contribution in [0.2, 0.25) is 5.02 Å². The van der Waals surface area contributed by atoms with Crippen LogP contribution in [0.4, 0.5) is 11.4 Å². The first kappa shape index (κ1) is 16.3. The maximum atomic E-state index is 12.7. The summed E-state index contributed by atoms with van der Waals surface area (Å²) in [6.07, 6.45) is 4.39. The zero-order chi connectivity index (χ0) is 16.6. The van der Waals surface area contributed by atoms with Crippen molar-refractivity contribution in [2.24, 2.45) is 17.8 Å². The zero-order valence-corrected chi connectivity index (χ0v) is 14.4. The highest BCUT2D eigenvalue weighted by atomic mass is 35.5. The van der Waals surface area contributed by atoms with Gasteiger partial charge in [-0.3, -0.25) is 9.59 Å². The first-order valence-corrected chi connectivity index (χ1v) is 8.65. The summed E-state index contributed by atoms with van der Waals surface area (Å²) in [5, 5.41) is 3.64. The van der Waals surface area contributed by atoms with E-state index in [-0.39, 0.29) is 23.7 Å². The Hall–Kier alpha value is -1.55. The lowest BCUT2D eigenvalue weighted by Gasteiger charge is -2.37. The van der Waals surface area contributed by atoms with Crippen LogP contribution in [0.1, 0.15) is 32.1 Å². The molecule has 2 fully saturated rings. The van der Waals surface area contributed by atoms with Crippen LogP contribution in [0, 0.1) is 17.8 Å². The molecule has 1 aromatic rings. The van der Waals surface area contributed by atoms with Gasteiger partial charge in [0.2, 0.25) is 5.91 Å². The third kappa shape index (κ3) is 3.23. The Labute approximate surface area is 142 Å². The summed E-state index contributed by atoms with van der Waals surface area (Å²) in [6.45, 7) is 0. The number of para-hydroxylation sites is 1. The van der Waals surface area contributed by atoms with Crippen molar-refractivity contribution in [2.45, 2.75) is 32.1 Å². The van der Waals surface area contributed by atoms with E-state index in [0.29, 0.717) is 23.6 Å². The van der Waals surface area contributed by atoms with Crippen molar-refractivity contribution in [3.63, 3.8) is 0 Å². The van der Waals surface area contributed by atoms with Gasteiger partial charge in [0.1, 0.15) is 5.78 Å². The fraction of sp³-hybridized carbons (Fsp3) is 0.556. The SMILES string of the molecule is CN(C)c1c(Cl)cccc1NC(=O)C1CC2CCCC(C1)C2=O. The molecule has 1 N–H and O–H groups in total. The van der Waals surface area contributed by atoms with Crippen LogP contribution in [0.25, 0.3) is 0 Å². The molecule has 0 radical (unpaired) electrons. The molecule has 4 nitrogen and oxygen atoms in total. The smallest absolute Gasteiger partial charge is 0.227 e. The summed E-state index contributed by atoms with van der Waals surface area (Å²) in [7, 11) is 3.81. The van der Waals surface area contributed by atoms with E-state index < -0.39 is 0 Å².